The third kappa shape index (κ3) is 4.42. The fraction of sp³-hybridized carbons (Fsp3) is 0. The van der Waals surface area contributed by atoms with E-state index in [1.54, 1.807) is 48.5 Å². The van der Waals surface area contributed by atoms with Gasteiger partial charge in [0.1, 0.15) is 20.6 Å². The lowest BCUT2D eigenvalue weighted by molar-refractivity contribution is -0.266. The molecular formula is C19H14Cl3N2O3S+. The highest BCUT2D eigenvalue weighted by molar-refractivity contribution is 7.84. The molecule has 5 nitrogen and oxygen atoms in total. The Bertz CT molecular complexity index is 1140. The van der Waals surface area contributed by atoms with Crippen LogP contribution < -0.4 is 9.71 Å². The Hall–Kier alpha value is -2.25. The molecule has 0 fully saturated rings. The molecule has 0 spiro atoms. The van der Waals surface area contributed by atoms with Crippen LogP contribution in [0.1, 0.15) is 5.56 Å². The summed E-state index contributed by atoms with van der Waals surface area (Å²) in [4.78, 5) is 0.0955. The van der Waals surface area contributed by atoms with Crippen LogP contribution in [0, 0.1) is 0 Å². The van der Waals surface area contributed by atoms with E-state index in [1.807, 2.05) is 0 Å². The average molecular weight is 457 g/mol. The number of phenolic OH excluding ortho intramolecular Hbond substituents is 1. The van der Waals surface area contributed by atoms with Crippen molar-refractivity contribution in [3.63, 3.8) is 0 Å². The fourth-order valence-corrected chi connectivity index (χ4v) is 4.08. The number of nitrogens with one attached hydrogen (secondary N) is 2. The number of hydrogen-bond acceptors (Lipinski definition) is 3. The highest BCUT2D eigenvalue weighted by Gasteiger charge is 2.23. The zero-order valence-corrected chi connectivity index (χ0v) is 17.2. The Labute approximate surface area is 177 Å². The van der Waals surface area contributed by atoms with E-state index >= 15 is 0 Å². The zero-order chi connectivity index (χ0) is 20.3. The Morgan fingerprint density at radius 3 is 2.07 bits per heavy atom. The SMILES string of the molecule is O=S(=O)([NH+]=C(Nc1cc(Cl)c(O)c(Cl)c1Cl)c1ccccc1)c1ccccc1. The van der Waals surface area contributed by atoms with E-state index in [4.69, 9.17) is 34.8 Å². The quantitative estimate of drug-likeness (QED) is 0.242. The van der Waals surface area contributed by atoms with Crippen LogP contribution in [0.5, 0.6) is 5.75 Å². The van der Waals surface area contributed by atoms with Crippen molar-refractivity contribution in [3.05, 3.63) is 87.4 Å². The summed E-state index contributed by atoms with van der Waals surface area (Å²) in [6.07, 6.45) is 0. The molecule has 0 aliphatic carbocycles. The second-order valence-corrected chi connectivity index (χ2v) is 8.51. The first kappa shape index (κ1) is 20.5. The Morgan fingerprint density at radius 1 is 0.893 bits per heavy atom. The van der Waals surface area contributed by atoms with Gasteiger partial charge in [-0.3, -0.25) is 0 Å². The second-order valence-electron chi connectivity index (χ2n) is 5.67. The van der Waals surface area contributed by atoms with Gasteiger partial charge in [0.25, 0.3) is 5.84 Å². The molecule has 0 amide bonds. The molecule has 0 heterocycles. The molecule has 0 aliphatic heterocycles. The molecule has 3 aromatic rings. The van der Waals surface area contributed by atoms with E-state index in [2.05, 4.69) is 9.71 Å². The molecule has 0 aliphatic rings. The van der Waals surface area contributed by atoms with E-state index < -0.39 is 10.0 Å². The minimum atomic E-state index is -3.88. The van der Waals surface area contributed by atoms with Crippen molar-refractivity contribution in [1.82, 2.24) is 0 Å². The van der Waals surface area contributed by atoms with Crippen LogP contribution in [-0.2, 0) is 10.0 Å². The number of sulfonamides is 1. The number of hydrogen-bond donors (Lipinski definition) is 3. The lowest BCUT2D eigenvalue weighted by Crippen LogP contribution is -2.78. The standard InChI is InChI=1S/C19H13Cl3N2O3S/c20-14-11-15(16(21)17(22)18(14)25)23-19(12-7-3-1-4-8-12)24-28(26,27)13-9-5-2-6-10-13/h1-11,25H,(H,23,24)/p+1. The predicted octanol–water partition coefficient (Wildman–Crippen LogP) is 3.68. The van der Waals surface area contributed by atoms with Gasteiger partial charge in [-0.15, -0.1) is 0 Å². The number of halogens is 3. The van der Waals surface area contributed by atoms with Crippen LogP contribution >= 0.6 is 34.8 Å². The van der Waals surface area contributed by atoms with Gasteiger partial charge in [-0.05, 0) is 24.3 Å². The molecule has 0 aromatic heterocycles. The van der Waals surface area contributed by atoms with E-state index in [-0.39, 0.29) is 37.2 Å². The summed E-state index contributed by atoms with van der Waals surface area (Å²) < 4.78 is 28.1. The lowest BCUT2D eigenvalue weighted by Gasteiger charge is -2.09. The van der Waals surface area contributed by atoms with Crippen LogP contribution in [0.25, 0.3) is 0 Å². The van der Waals surface area contributed by atoms with Crippen LogP contribution in [-0.4, -0.2) is 19.4 Å². The number of rotatable bonds is 4. The van der Waals surface area contributed by atoms with Crippen molar-refractivity contribution >= 4 is 56.3 Å². The molecule has 9 heteroatoms. The van der Waals surface area contributed by atoms with Crippen molar-refractivity contribution in [3.8, 4) is 5.75 Å². The van der Waals surface area contributed by atoms with Gasteiger partial charge in [-0.2, -0.15) is 12.8 Å². The average Bonchev–Trinajstić information content (AvgIpc) is 2.71. The van der Waals surface area contributed by atoms with Crippen molar-refractivity contribution in [1.29, 1.82) is 0 Å². The molecule has 3 rings (SSSR count). The van der Waals surface area contributed by atoms with Gasteiger partial charge in [0.15, 0.2) is 5.75 Å². The Morgan fingerprint density at radius 2 is 1.46 bits per heavy atom. The van der Waals surface area contributed by atoms with Gasteiger partial charge in [-0.1, -0.05) is 71.2 Å². The van der Waals surface area contributed by atoms with E-state index in [0.29, 0.717) is 5.56 Å². The van der Waals surface area contributed by atoms with E-state index in [0.717, 1.165) is 0 Å². The fourth-order valence-electron chi connectivity index (χ4n) is 2.37. The first-order chi connectivity index (χ1) is 13.3. The van der Waals surface area contributed by atoms with Crippen LogP contribution in [0.4, 0.5) is 5.69 Å². The van der Waals surface area contributed by atoms with Gasteiger partial charge in [0.05, 0.1) is 10.6 Å². The van der Waals surface area contributed by atoms with E-state index in [9.17, 15) is 13.5 Å². The molecular weight excluding hydrogens is 443 g/mol. The van der Waals surface area contributed by atoms with Crippen molar-refractivity contribution in [2.75, 3.05) is 5.32 Å². The second kappa shape index (κ2) is 8.41. The summed E-state index contributed by atoms with van der Waals surface area (Å²) in [7, 11) is -3.88. The molecule has 0 bridgehead atoms. The van der Waals surface area contributed by atoms with Crippen molar-refractivity contribution in [2.45, 2.75) is 4.90 Å². The normalized spacial score (nSPS) is 12.0. The molecule has 3 N–H and O–H groups in total. The van der Waals surface area contributed by atoms with Gasteiger partial charge in [-0.25, -0.2) is 5.32 Å². The predicted molar refractivity (Wildman–Crippen MR) is 112 cm³/mol. The molecule has 0 saturated carbocycles. The largest absolute Gasteiger partial charge is 0.505 e. The number of benzene rings is 3. The van der Waals surface area contributed by atoms with Gasteiger partial charge in [0, 0.05) is 6.07 Å². The number of anilines is 1. The minimum absolute atomic E-state index is 0.00379. The third-order valence-corrected chi connectivity index (χ3v) is 6.26. The maximum Gasteiger partial charge on any atom is 0.328 e. The first-order valence-electron chi connectivity index (χ1n) is 7.93. The maximum absolute atomic E-state index is 12.8. The monoisotopic (exact) mass is 455 g/mol. The molecule has 0 saturated heterocycles. The van der Waals surface area contributed by atoms with Gasteiger partial charge in [0.2, 0.25) is 0 Å². The third-order valence-electron chi connectivity index (χ3n) is 3.75. The summed E-state index contributed by atoms with van der Waals surface area (Å²) in [5, 5.41) is 12.5. The molecule has 0 radical (unpaired) electrons. The van der Waals surface area contributed by atoms with Gasteiger partial charge >= 0.3 is 10.0 Å². The molecule has 28 heavy (non-hydrogen) atoms. The summed E-state index contributed by atoms with van der Waals surface area (Å²) in [6, 6.07) is 18.0. The molecule has 144 valence electrons. The minimum Gasteiger partial charge on any atom is -0.505 e. The summed E-state index contributed by atoms with van der Waals surface area (Å²) in [6.45, 7) is 0. The molecule has 0 unspecified atom stereocenters. The highest BCUT2D eigenvalue weighted by atomic mass is 35.5. The number of amidine groups is 1. The number of aromatic hydroxyl groups is 1. The summed E-state index contributed by atoms with van der Waals surface area (Å²) in [5.74, 6) is -0.214. The Balaban J connectivity index is 2.13. The summed E-state index contributed by atoms with van der Waals surface area (Å²) in [5.41, 5.74) is 0.780. The zero-order valence-electron chi connectivity index (χ0n) is 14.2. The van der Waals surface area contributed by atoms with Crippen LogP contribution in [0.3, 0.4) is 0 Å². The van der Waals surface area contributed by atoms with Crippen molar-refractivity contribution in [2.24, 2.45) is 0 Å². The van der Waals surface area contributed by atoms with Crippen LogP contribution in [0.15, 0.2) is 71.6 Å². The first-order valence-corrected chi connectivity index (χ1v) is 10.5. The molecule has 0 atom stereocenters. The number of phenols is 1. The Kier molecular flexibility index (Phi) is 6.15. The highest BCUT2D eigenvalue weighted by Crippen LogP contribution is 2.42. The lowest BCUT2D eigenvalue weighted by atomic mass is 10.2. The maximum atomic E-state index is 12.8. The van der Waals surface area contributed by atoms with Gasteiger partial charge < -0.3 is 5.11 Å². The van der Waals surface area contributed by atoms with E-state index in [1.165, 1.54) is 18.2 Å². The van der Waals surface area contributed by atoms with Crippen molar-refractivity contribution < 1.29 is 17.9 Å². The van der Waals surface area contributed by atoms with Crippen LogP contribution in [0.2, 0.25) is 15.1 Å². The smallest absolute Gasteiger partial charge is 0.328 e. The summed E-state index contributed by atoms with van der Waals surface area (Å²) >= 11 is 18.1. The topological polar surface area (TPSA) is 80.4 Å². The molecule has 3 aromatic carbocycles.